The fraction of sp³-hybridized carbons (Fsp3) is 0.235. The SMILES string of the molecule is CCc1ccc(C(=O)CCC(=O)NNC(=O)c2cccs2)cc1. The van der Waals surface area contributed by atoms with Crippen molar-refractivity contribution >= 4 is 28.9 Å². The fourth-order valence-corrected chi connectivity index (χ4v) is 2.58. The van der Waals surface area contributed by atoms with Crippen molar-refractivity contribution in [2.45, 2.75) is 26.2 Å². The number of rotatable bonds is 6. The molecule has 1 aromatic heterocycles. The second kappa shape index (κ2) is 8.24. The summed E-state index contributed by atoms with van der Waals surface area (Å²) < 4.78 is 0. The normalized spacial score (nSPS) is 10.1. The molecule has 0 bridgehead atoms. The Hall–Kier alpha value is -2.47. The molecule has 2 rings (SSSR count). The first kappa shape index (κ1) is 16.9. The van der Waals surface area contributed by atoms with Gasteiger partial charge < -0.3 is 0 Å². The van der Waals surface area contributed by atoms with Gasteiger partial charge in [0.2, 0.25) is 5.91 Å². The number of Topliss-reactive ketones (excluding diaryl/α,β-unsaturated/α-hetero) is 1. The number of aryl methyl sites for hydroxylation is 1. The Morgan fingerprint density at radius 2 is 1.74 bits per heavy atom. The van der Waals surface area contributed by atoms with Crippen molar-refractivity contribution in [3.05, 3.63) is 57.8 Å². The number of hydrazine groups is 1. The average Bonchev–Trinajstić information content (AvgIpc) is 3.12. The van der Waals surface area contributed by atoms with Gasteiger partial charge in [0.1, 0.15) is 0 Å². The summed E-state index contributed by atoms with van der Waals surface area (Å²) >= 11 is 1.28. The summed E-state index contributed by atoms with van der Waals surface area (Å²) in [7, 11) is 0. The predicted octanol–water partition coefficient (Wildman–Crippen LogP) is 2.73. The van der Waals surface area contributed by atoms with Crippen molar-refractivity contribution in [1.29, 1.82) is 0 Å². The molecule has 0 aliphatic rings. The van der Waals surface area contributed by atoms with Gasteiger partial charge >= 0.3 is 0 Å². The van der Waals surface area contributed by atoms with Crippen LogP contribution in [0.25, 0.3) is 0 Å². The smallest absolute Gasteiger partial charge is 0.279 e. The van der Waals surface area contributed by atoms with E-state index in [2.05, 4.69) is 10.9 Å². The molecule has 2 amide bonds. The molecule has 23 heavy (non-hydrogen) atoms. The lowest BCUT2D eigenvalue weighted by atomic mass is 10.0. The highest BCUT2D eigenvalue weighted by Gasteiger charge is 2.11. The Kier molecular flexibility index (Phi) is 6.05. The van der Waals surface area contributed by atoms with Gasteiger partial charge in [-0.25, -0.2) is 0 Å². The highest BCUT2D eigenvalue weighted by molar-refractivity contribution is 7.12. The number of benzene rings is 1. The van der Waals surface area contributed by atoms with Crippen LogP contribution in [0.4, 0.5) is 0 Å². The minimum atomic E-state index is -0.395. The maximum atomic E-state index is 12.0. The summed E-state index contributed by atoms with van der Waals surface area (Å²) in [6.45, 7) is 2.05. The average molecular weight is 330 g/mol. The van der Waals surface area contributed by atoms with Crippen molar-refractivity contribution in [2.24, 2.45) is 0 Å². The van der Waals surface area contributed by atoms with Crippen LogP contribution in [0.2, 0.25) is 0 Å². The molecule has 0 aliphatic carbocycles. The molecule has 120 valence electrons. The summed E-state index contributed by atoms with van der Waals surface area (Å²) in [6, 6.07) is 10.8. The topological polar surface area (TPSA) is 75.3 Å². The molecule has 0 radical (unpaired) electrons. The summed E-state index contributed by atoms with van der Waals surface area (Å²) in [5, 5.41) is 1.78. The van der Waals surface area contributed by atoms with Crippen molar-refractivity contribution in [2.75, 3.05) is 0 Å². The Bertz CT molecular complexity index is 678. The zero-order valence-corrected chi connectivity index (χ0v) is 13.6. The lowest BCUT2D eigenvalue weighted by molar-refractivity contribution is -0.121. The summed E-state index contributed by atoms with van der Waals surface area (Å²) in [4.78, 5) is 35.8. The van der Waals surface area contributed by atoms with Gasteiger partial charge in [0.05, 0.1) is 4.88 Å². The fourth-order valence-electron chi connectivity index (χ4n) is 1.96. The van der Waals surface area contributed by atoms with Gasteiger partial charge in [0, 0.05) is 18.4 Å². The van der Waals surface area contributed by atoms with Crippen LogP contribution in [0, 0.1) is 0 Å². The molecule has 2 N–H and O–H groups in total. The van der Waals surface area contributed by atoms with Gasteiger partial charge in [0.15, 0.2) is 5.78 Å². The first-order valence-electron chi connectivity index (χ1n) is 7.35. The maximum Gasteiger partial charge on any atom is 0.279 e. The third kappa shape index (κ3) is 5.03. The van der Waals surface area contributed by atoms with E-state index >= 15 is 0 Å². The van der Waals surface area contributed by atoms with E-state index in [1.54, 1.807) is 29.6 Å². The van der Waals surface area contributed by atoms with E-state index in [-0.39, 0.29) is 24.5 Å². The first-order valence-corrected chi connectivity index (χ1v) is 8.23. The molecule has 0 saturated heterocycles. The van der Waals surface area contributed by atoms with Gasteiger partial charge in [-0.3, -0.25) is 25.2 Å². The third-order valence-corrected chi connectivity index (χ3v) is 4.19. The number of hydrogen-bond donors (Lipinski definition) is 2. The minimum absolute atomic E-state index is 0.0269. The van der Waals surface area contributed by atoms with E-state index in [4.69, 9.17) is 0 Å². The minimum Gasteiger partial charge on any atom is -0.294 e. The van der Waals surface area contributed by atoms with Crippen LogP contribution < -0.4 is 10.9 Å². The van der Waals surface area contributed by atoms with Crippen molar-refractivity contribution < 1.29 is 14.4 Å². The van der Waals surface area contributed by atoms with Gasteiger partial charge in [-0.05, 0) is 23.4 Å². The Labute approximate surface area is 138 Å². The summed E-state index contributed by atoms with van der Waals surface area (Å²) in [6.07, 6.45) is 1.05. The zero-order valence-electron chi connectivity index (χ0n) is 12.8. The van der Waals surface area contributed by atoms with Crippen molar-refractivity contribution in [1.82, 2.24) is 10.9 Å². The second-order valence-corrected chi connectivity index (χ2v) is 5.90. The van der Waals surface area contributed by atoms with E-state index in [9.17, 15) is 14.4 Å². The molecule has 6 heteroatoms. The van der Waals surface area contributed by atoms with E-state index < -0.39 is 5.91 Å². The number of amides is 2. The number of hydrogen-bond acceptors (Lipinski definition) is 4. The highest BCUT2D eigenvalue weighted by atomic mass is 32.1. The molecule has 0 saturated carbocycles. The van der Waals surface area contributed by atoms with Crippen LogP contribution in [0.15, 0.2) is 41.8 Å². The molecular formula is C17H18N2O3S. The Morgan fingerprint density at radius 1 is 1.00 bits per heavy atom. The van der Waals surface area contributed by atoms with Gasteiger partial charge in [-0.15, -0.1) is 11.3 Å². The second-order valence-electron chi connectivity index (χ2n) is 4.95. The number of carbonyl (C=O) groups excluding carboxylic acids is 3. The van der Waals surface area contributed by atoms with Crippen LogP contribution >= 0.6 is 11.3 Å². The van der Waals surface area contributed by atoms with Crippen LogP contribution in [0.3, 0.4) is 0 Å². The molecule has 5 nitrogen and oxygen atoms in total. The molecule has 0 atom stereocenters. The molecule has 1 heterocycles. The van der Waals surface area contributed by atoms with Crippen LogP contribution in [-0.2, 0) is 11.2 Å². The maximum absolute atomic E-state index is 12.0. The lowest BCUT2D eigenvalue weighted by Crippen LogP contribution is -2.41. The van der Waals surface area contributed by atoms with Crippen LogP contribution in [0.5, 0.6) is 0 Å². The number of carbonyl (C=O) groups is 3. The Balaban J connectivity index is 1.75. The number of ketones is 1. The largest absolute Gasteiger partial charge is 0.294 e. The Morgan fingerprint density at radius 3 is 2.35 bits per heavy atom. The molecule has 0 spiro atoms. The summed E-state index contributed by atoms with van der Waals surface area (Å²) in [5.74, 6) is -0.851. The zero-order chi connectivity index (χ0) is 16.7. The van der Waals surface area contributed by atoms with Crippen LogP contribution in [-0.4, -0.2) is 17.6 Å². The van der Waals surface area contributed by atoms with Crippen molar-refractivity contribution in [3.8, 4) is 0 Å². The standard InChI is InChI=1S/C17H18N2O3S/c1-2-12-5-7-13(8-6-12)14(20)9-10-16(21)18-19-17(22)15-4-3-11-23-15/h3-8,11H,2,9-10H2,1H3,(H,18,21)(H,19,22). The molecule has 2 aromatic rings. The number of thiophene rings is 1. The van der Waals surface area contributed by atoms with E-state index in [1.165, 1.54) is 11.3 Å². The van der Waals surface area contributed by atoms with Gasteiger partial charge in [0.25, 0.3) is 5.91 Å². The lowest BCUT2D eigenvalue weighted by Gasteiger charge is -2.06. The highest BCUT2D eigenvalue weighted by Crippen LogP contribution is 2.09. The van der Waals surface area contributed by atoms with E-state index in [1.807, 2.05) is 19.1 Å². The summed E-state index contributed by atoms with van der Waals surface area (Å²) in [5.41, 5.74) is 6.39. The van der Waals surface area contributed by atoms with Crippen molar-refractivity contribution in [3.63, 3.8) is 0 Å². The predicted molar refractivity (Wildman–Crippen MR) is 89.3 cm³/mol. The quantitative estimate of drug-likeness (QED) is 0.632. The first-order chi connectivity index (χ1) is 11.1. The third-order valence-electron chi connectivity index (χ3n) is 3.32. The monoisotopic (exact) mass is 330 g/mol. The molecular weight excluding hydrogens is 312 g/mol. The van der Waals surface area contributed by atoms with Gasteiger partial charge in [-0.1, -0.05) is 37.3 Å². The molecule has 1 aromatic carbocycles. The van der Waals surface area contributed by atoms with Crippen LogP contribution in [0.1, 0.15) is 45.4 Å². The molecule has 0 aliphatic heterocycles. The van der Waals surface area contributed by atoms with E-state index in [0.717, 1.165) is 12.0 Å². The van der Waals surface area contributed by atoms with Gasteiger partial charge in [-0.2, -0.15) is 0 Å². The molecule has 0 unspecified atom stereocenters. The van der Waals surface area contributed by atoms with E-state index in [0.29, 0.717) is 10.4 Å². The number of nitrogens with one attached hydrogen (secondary N) is 2. The molecule has 0 fully saturated rings.